The molecule has 5 rings (SSSR count). The second-order valence-corrected chi connectivity index (χ2v) is 6.73. The summed E-state index contributed by atoms with van der Waals surface area (Å²) in [4.78, 5) is 9.03. The lowest BCUT2D eigenvalue weighted by Crippen LogP contribution is -1.95. The highest BCUT2D eigenvalue weighted by Gasteiger charge is 2.26. The number of hydrogen-bond donors (Lipinski definition) is 1. The number of rotatable bonds is 2. The molecule has 0 saturated heterocycles. The Balaban J connectivity index is 1.85. The number of phenols is 1. The Morgan fingerprint density at radius 1 is 1.04 bits per heavy atom. The minimum Gasteiger partial charge on any atom is -0.508 e. The number of nitrogens with zero attached hydrogens (tertiary/aromatic N) is 4. The highest BCUT2D eigenvalue weighted by atomic mass is 16.3. The zero-order valence-corrected chi connectivity index (χ0v) is 14.5. The van der Waals surface area contributed by atoms with Crippen LogP contribution in [-0.2, 0) is 13.0 Å². The summed E-state index contributed by atoms with van der Waals surface area (Å²) < 4.78 is 2.12. The second kappa shape index (κ2) is 5.66. The van der Waals surface area contributed by atoms with Crippen molar-refractivity contribution < 1.29 is 5.11 Å². The van der Waals surface area contributed by atoms with E-state index in [1.165, 1.54) is 5.69 Å². The van der Waals surface area contributed by atoms with Gasteiger partial charge >= 0.3 is 0 Å². The molecule has 0 saturated carbocycles. The van der Waals surface area contributed by atoms with Crippen LogP contribution in [-0.4, -0.2) is 24.9 Å². The molecule has 1 aliphatic rings. The van der Waals surface area contributed by atoms with Gasteiger partial charge in [-0.1, -0.05) is 6.07 Å². The van der Waals surface area contributed by atoms with Crippen LogP contribution in [0.4, 0.5) is 0 Å². The molecule has 0 aliphatic carbocycles. The molecule has 1 aromatic carbocycles. The summed E-state index contributed by atoms with van der Waals surface area (Å²) in [5.41, 5.74) is 7.24. The summed E-state index contributed by atoms with van der Waals surface area (Å²) in [6.07, 6.45) is 5.74. The van der Waals surface area contributed by atoms with Gasteiger partial charge in [0.25, 0.3) is 0 Å². The Morgan fingerprint density at radius 3 is 2.85 bits per heavy atom. The lowest BCUT2D eigenvalue weighted by Gasteiger charge is -2.10. The molecule has 0 amide bonds. The fourth-order valence-corrected chi connectivity index (χ4v) is 3.87. The van der Waals surface area contributed by atoms with E-state index in [-0.39, 0.29) is 5.75 Å². The third-order valence-corrected chi connectivity index (χ3v) is 5.07. The SMILES string of the molecule is Cc1cccnc1-c1nn2c(c1-c1ccnc3cc(O)ccc13)CCC2. The van der Waals surface area contributed by atoms with E-state index in [4.69, 9.17) is 5.10 Å². The number of hydrogen-bond acceptors (Lipinski definition) is 4. The number of phenolic OH excluding ortho intramolecular Hbond substituents is 1. The van der Waals surface area contributed by atoms with Crippen molar-refractivity contribution in [2.75, 3.05) is 0 Å². The van der Waals surface area contributed by atoms with Crippen LogP contribution in [0.1, 0.15) is 17.7 Å². The predicted molar refractivity (Wildman–Crippen MR) is 101 cm³/mol. The maximum Gasteiger partial charge on any atom is 0.119 e. The number of fused-ring (bicyclic) bond motifs is 2. The van der Waals surface area contributed by atoms with Gasteiger partial charge in [-0.15, -0.1) is 0 Å². The highest BCUT2D eigenvalue weighted by Crippen LogP contribution is 2.40. The fourth-order valence-electron chi connectivity index (χ4n) is 3.87. The Bertz CT molecular complexity index is 1150. The minimum atomic E-state index is 0.225. The Hall–Kier alpha value is -3.21. The first-order valence-electron chi connectivity index (χ1n) is 8.82. The van der Waals surface area contributed by atoms with Crippen LogP contribution in [0.2, 0.25) is 0 Å². The van der Waals surface area contributed by atoms with Crippen molar-refractivity contribution in [3.63, 3.8) is 0 Å². The Kier molecular flexibility index (Phi) is 3.28. The zero-order chi connectivity index (χ0) is 17.7. The van der Waals surface area contributed by atoms with E-state index >= 15 is 0 Å². The van der Waals surface area contributed by atoms with Gasteiger partial charge in [0, 0.05) is 41.6 Å². The van der Waals surface area contributed by atoms with Gasteiger partial charge in [-0.2, -0.15) is 5.10 Å². The van der Waals surface area contributed by atoms with Crippen LogP contribution in [0.25, 0.3) is 33.4 Å². The lowest BCUT2D eigenvalue weighted by atomic mass is 9.95. The molecule has 5 heteroatoms. The third kappa shape index (κ3) is 2.20. The van der Waals surface area contributed by atoms with Crippen LogP contribution < -0.4 is 0 Å². The molecule has 26 heavy (non-hydrogen) atoms. The van der Waals surface area contributed by atoms with Crippen molar-refractivity contribution in [2.24, 2.45) is 0 Å². The van der Waals surface area contributed by atoms with Crippen LogP contribution in [0.5, 0.6) is 5.75 Å². The molecule has 0 radical (unpaired) electrons. The maximum absolute atomic E-state index is 9.81. The van der Waals surface area contributed by atoms with E-state index in [1.54, 1.807) is 18.3 Å². The van der Waals surface area contributed by atoms with Crippen molar-refractivity contribution in [3.05, 3.63) is 60.0 Å². The molecule has 0 fully saturated rings. The van der Waals surface area contributed by atoms with Gasteiger partial charge in [-0.3, -0.25) is 14.6 Å². The number of aromatic hydroxyl groups is 1. The largest absolute Gasteiger partial charge is 0.508 e. The van der Waals surface area contributed by atoms with Crippen LogP contribution in [0.15, 0.2) is 48.8 Å². The molecule has 128 valence electrons. The average Bonchev–Trinajstić information content (AvgIpc) is 3.22. The molecule has 1 N–H and O–H groups in total. The standard InChI is InChI=1S/C21H18N4O/c1-13-4-2-9-23-20(13)21-19(18-5-3-11-25(18)24-21)16-8-10-22-17-12-14(26)6-7-15(16)17/h2,4,6-10,12,26H,3,5,11H2,1H3. The van der Waals surface area contributed by atoms with Crippen LogP contribution in [0, 0.1) is 6.92 Å². The number of aryl methyl sites for hydroxylation is 2. The molecule has 0 unspecified atom stereocenters. The first-order valence-corrected chi connectivity index (χ1v) is 8.82. The molecular formula is C21H18N4O. The van der Waals surface area contributed by atoms with Gasteiger partial charge < -0.3 is 5.11 Å². The van der Waals surface area contributed by atoms with E-state index in [9.17, 15) is 5.11 Å². The summed E-state index contributed by atoms with van der Waals surface area (Å²) in [5.74, 6) is 0.225. The summed E-state index contributed by atoms with van der Waals surface area (Å²) >= 11 is 0. The van der Waals surface area contributed by atoms with Gasteiger partial charge in [0.1, 0.15) is 11.4 Å². The lowest BCUT2D eigenvalue weighted by molar-refractivity contribution is 0.476. The van der Waals surface area contributed by atoms with Crippen LogP contribution in [0.3, 0.4) is 0 Å². The topological polar surface area (TPSA) is 63.8 Å². The van der Waals surface area contributed by atoms with Crippen molar-refractivity contribution in [3.8, 4) is 28.3 Å². The van der Waals surface area contributed by atoms with Crippen LogP contribution >= 0.6 is 0 Å². The quantitative estimate of drug-likeness (QED) is 0.595. The Morgan fingerprint density at radius 2 is 1.96 bits per heavy atom. The molecule has 0 atom stereocenters. The van der Waals surface area contributed by atoms with Gasteiger partial charge in [0.05, 0.1) is 11.2 Å². The molecular weight excluding hydrogens is 324 g/mol. The molecule has 1 aliphatic heterocycles. The second-order valence-electron chi connectivity index (χ2n) is 6.73. The Labute approximate surface area is 151 Å². The normalized spacial score (nSPS) is 13.3. The average molecular weight is 342 g/mol. The van der Waals surface area contributed by atoms with Crippen molar-refractivity contribution in [2.45, 2.75) is 26.3 Å². The first-order chi connectivity index (χ1) is 12.7. The molecule has 4 aromatic rings. The van der Waals surface area contributed by atoms with E-state index in [2.05, 4.69) is 27.6 Å². The number of benzene rings is 1. The highest BCUT2D eigenvalue weighted by molar-refractivity contribution is 5.99. The van der Waals surface area contributed by atoms with Crippen molar-refractivity contribution >= 4 is 10.9 Å². The van der Waals surface area contributed by atoms with Gasteiger partial charge in [-0.05, 0) is 55.2 Å². The molecule has 0 spiro atoms. The number of pyridine rings is 2. The smallest absolute Gasteiger partial charge is 0.119 e. The summed E-state index contributed by atoms with van der Waals surface area (Å²) in [5, 5.41) is 15.7. The maximum atomic E-state index is 9.81. The van der Waals surface area contributed by atoms with Crippen molar-refractivity contribution in [1.82, 2.24) is 19.7 Å². The monoisotopic (exact) mass is 342 g/mol. The van der Waals surface area contributed by atoms with E-state index in [0.717, 1.165) is 58.4 Å². The summed E-state index contributed by atoms with van der Waals surface area (Å²) in [7, 11) is 0. The summed E-state index contributed by atoms with van der Waals surface area (Å²) in [6.45, 7) is 3.01. The van der Waals surface area contributed by atoms with E-state index in [0.29, 0.717) is 0 Å². The van der Waals surface area contributed by atoms with E-state index < -0.39 is 0 Å². The molecule has 3 aromatic heterocycles. The molecule has 4 heterocycles. The third-order valence-electron chi connectivity index (χ3n) is 5.07. The number of aromatic nitrogens is 4. The van der Waals surface area contributed by atoms with E-state index in [1.807, 2.05) is 24.4 Å². The minimum absolute atomic E-state index is 0.225. The fraction of sp³-hybridized carbons (Fsp3) is 0.190. The van der Waals surface area contributed by atoms with Gasteiger partial charge in [0.15, 0.2) is 0 Å². The predicted octanol–water partition coefficient (Wildman–Crippen LogP) is 4.12. The zero-order valence-electron chi connectivity index (χ0n) is 14.5. The first kappa shape index (κ1) is 15.1. The molecule has 5 nitrogen and oxygen atoms in total. The molecule has 0 bridgehead atoms. The summed E-state index contributed by atoms with van der Waals surface area (Å²) in [6, 6.07) is 11.4. The van der Waals surface area contributed by atoms with Crippen molar-refractivity contribution in [1.29, 1.82) is 0 Å². The van der Waals surface area contributed by atoms with Gasteiger partial charge in [-0.25, -0.2) is 0 Å². The van der Waals surface area contributed by atoms with Gasteiger partial charge in [0.2, 0.25) is 0 Å².